The van der Waals surface area contributed by atoms with Gasteiger partial charge >= 0.3 is 0 Å². The molecule has 1 aliphatic carbocycles. The Hall–Kier alpha value is -0.400. The fourth-order valence-electron chi connectivity index (χ4n) is 2.07. The van der Waals surface area contributed by atoms with Gasteiger partial charge in [0.1, 0.15) is 0 Å². The van der Waals surface area contributed by atoms with E-state index in [4.69, 9.17) is 0 Å². The van der Waals surface area contributed by atoms with Gasteiger partial charge < -0.3 is 0 Å². The van der Waals surface area contributed by atoms with E-state index in [0.717, 1.165) is 13.1 Å². The molecule has 0 heterocycles. The monoisotopic (exact) mass is 226 g/mol. The van der Waals surface area contributed by atoms with Gasteiger partial charge in [0, 0.05) is 5.41 Å². The molecule has 1 fully saturated rings. The van der Waals surface area contributed by atoms with Crippen molar-refractivity contribution in [1.29, 1.82) is 0 Å². The van der Waals surface area contributed by atoms with E-state index in [-0.39, 0.29) is 5.41 Å². The molecule has 2 nitrogen and oxygen atoms in total. The van der Waals surface area contributed by atoms with E-state index in [9.17, 15) is 0 Å². The third-order valence-corrected chi connectivity index (χ3v) is 3.13. The molecular formula is C10H14N2S2. The van der Waals surface area contributed by atoms with Crippen LogP contribution >= 0.6 is 24.4 Å². The Kier molecular flexibility index (Phi) is 5.13. The van der Waals surface area contributed by atoms with Gasteiger partial charge in [-0.3, -0.25) is 0 Å². The highest BCUT2D eigenvalue weighted by Crippen LogP contribution is 2.36. The molecule has 0 bridgehead atoms. The maximum atomic E-state index is 4.60. The Morgan fingerprint density at radius 2 is 1.43 bits per heavy atom. The third-order valence-electron chi connectivity index (χ3n) is 2.87. The summed E-state index contributed by atoms with van der Waals surface area (Å²) in [7, 11) is 0. The van der Waals surface area contributed by atoms with Gasteiger partial charge in [-0.05, 0) is 37.3 Å². The molecule has 0 amide bonds. The zero-order valence-corrected chi connectivity index (χ0v) is 9.79. The third kappa shape index (κ3) is 3.39. The molecule has 1 saturated carbocycles. The lowest BCUT2D eigenvalue weighted by atomic mass is 9.74. The van der Waals surface area contributed by atoms with Gasteiger partial charge in [0.05, 0.1) is 23.4 Å². The summed E-state index contributed by atoms with van der Waals surface area (Å²) >= 11 is 9.20. The molecule has 0 radical (unpaired) electrons. The van der Waals surface area contributed by atoms with Crippen LogP contribution in [0.1, 0.15) is 32.1 Å². The fourth-order valence-corrected chi connectivity index (χ4v) is 2.20. The molecule has 14 heavy (non-hydrogen) atoms. The molecule has 0 aromatic heterocycles. The first-order chi connectivity index (χ1) is 6.83. The van der Waals surface area contributed by atoms with Crippen molar-refractivity contribution in [3.8, 4) is 0 Å². The topological polar surface area (TPSA) is 24.7 Å². The second-order valence-electron chi connectivity index (χ2n) is 3.88. The largest absolute Gasteiger partial charge is 0.232 e. The molecule has 0 unspecified atom stereocenters. The number of hydrogen-bond acceptors (Lipinski definition) is 4. The van der Waals surface area contributed by atoms with Crippen molar-refractivity contribution in [3.05, 3.63) is 0 Å². The molecule has 0 aromatic rings. The van der Waals surface area contributed by atoms with E-state index in [1.165, 1.54) is 32.1 Å². The summed E-state index contributed by atoms with van der Waals surface area (Å²) in [6, 6.07) is 0. The smallest absolute Gasteiger partial charge is 0.0585 e. The molecule has 0 saturated heterocycles. The van der Waals surface area contributed by atoms with E-state index in [1.807, 2.05) is 0 Å². The highest BCUT2D eigenvalue weighted by Gasteiger charge is 2.31. The van der Waals surface area contributed by atoms with Crippen LogP contribution in [0.25, 0.3) is 0 Å². The summed E-state index contributed by atoms with van der Waals surface area (Å²) in [6.07, 6.45) is 6.20. The Labute approximate surface area is 95.5 Å². The van der Waals surface area contributed by atoms with Gasteiger partial charge in [-0.25, -0.2) is 9.98 Å². The summed E-state index contributed by atoms with van der Waals surface area (Å²) in [5.74, 6) is 0. The molecule has 0 N–H and O–H groups in total. The number of nitrogens with zero attached hydrogens (tertiary/aromatic N) is 2. The number of aliphatic imine (C=N–C) groups is 2. The predicted octanol–water partition coefficient (Wildman–Crippen LogP) is 3.14. The van der Waals surface area contributed by atoms with Crippen LogP contribution in [0.3, 0.4) is 0 Å². The molecule has 0 aromatic carbocycles. The van der Waals surface area contributed by atoms with Crippen molar-refractivity contribution < 1.29 is 0 Å². The van der Waals surface area contributed by atoms with Crippen LogP contribution in [0, 0.1) is 5.41 Å². The summed E-state index contributed by atoms with van der Waals surface area (Å²) in [5, 5.41) is 4.87. The number of thiocarbonyl (C=S) groups is 2. The standard InChI is InChI=1S/C10H14N2S2/c13-8-11-6-10(7-12-9-14)4-2-1-3-5-10/h1-7H2. The molecule has 0 aliphatic heterocycles. The van der Waals surface area contributed by atoms with E-state index >= 15 is 0 Å². The van der Waals surface area contributed by atoms with Crippen molar-refractivity contribution in [2.45, 2.75) is 32.1 Å². The number of hydrogen-bond donors (Lipinski definition) is 0. The first-order valence-electron chi connectivity index (χ1n) is 4.90. The summed E-state index contributed by atoms with van der Waals surface area (Å²) in [4.78, 5) is 8.13. The summed E-state index contributed by atoms with van der Waals surface area (Å²) in [5.41, 5.74) is 0.190. The molecule has 76 valence electrons. The van der Waals surface area contributed by atoms with Crippen molar-refractivity contribution in [1.82, 2.24) is 0 Å². The lowest BCUT2D eigenvalue weighted by Gasteiger charge is -2.33. The number of isothiocyanates is 2. The van der Waals surface area contributed by atoms with Gasteiger partial charge in [-0.1, -0.05) is 19.3 Å². The lowest BCUT2D eigenvalue weighted by Crippen LogP contribution is -2.30. The number of rotatable bonds is 4. The first kappa shape index (κ1) is 11.7. The molecule has 1 aliphatic rings. The van der Waals surface area contributed by atoms with Gasteiger partial charge in [0.15, 0.2) is 0 Å². The average Bonchev–Trinajstić information content (AvgIpc) is 2.25. The van der Waals surface area contributed by atoms with E-state index in [2.05, 4.69) is 44.7 Å². The van der Waals surface area contributed by atoms with Crippen LogP contribution < -0.4 is 0 Å². The lowest BCUT2D eigenvalue weighted by molar-refractivity contribution is 0.211. The minimum Gasteiger partial charge on any atom is -0.232 e. The zero-order valence-electron chi connectivity index (χ0n) is 8.16. The van der Waals surface area contributed by atoms with Crippen molar-refractivity contribution >= 4 is 34.8 Å². The SMILES string of the molecule is S=C=NCC1(CN=C=S)CCCCC1. The van der Waals surface area contributed by atoms with E-state index in [1.54, 1.807) is 0 Å². The minimum absolute atomic E-state index is 0.190. The van der Waals surface area contributed by atoms with Crippen LogP contribution in [0.5, 0.6) is 0 Å². The van der Waals surface area contributed by atoms with E-state index < -0.39 is 0 Å². The Bertz CT molecular complexity index is 248. The molecule has 4 heteroatoms. The average molecular weight is 226 g/mol. The Morgan fingerprint density at radius 3 is 1.86 bits per heavy atom. The fraction of sp³-hybridized carbons (Fsp3) is 0.800. The molecule has 0 spiro atoms. The van der Waals surface area contributed by atoms with Gasteiger partial charge in [0.2, 0.25) is 0 Å². The van der Waals surface area contributed by atoms with Crippen LogP contribution in [0.4, 0.5) is 0 Å². The first-order valence-corrected chi connectivity index (χ1v) is 5.72. The highest BCUT2D eigenvalue weighted by atomic mass is 32.1. The minimum atomic E-state index is 0.190. The Morgan fingerprint density at radius 1 is 0.929 bits per heavy atom. The molecular weight excluding hydrogens is 212 g/mol. The second-order valence-corrected chi connectivity index (χ2v) is 4.24. The zero-order chi connectivity index (χ0) is 10.3. The van der Waals surface area contributed by atoms with Crippen LogP contribution in [-0.4, -0.2) is 23.4 Å². The van der Waals surface area contributed by atoms with Crippen LogP contribution in [0.15, 0.2) is 9.98 Å². The maximum absolute atomic E-state index is 4.60. The second kappa shape index (κ2) is 6.15. The van der Waals surface area contributed by atoms with Gasteiger partial charge in [0.25, 0.3) is 0 Å². The van der Waals surface area contributed by atoms with Crippen LogP contribution in [-0.2, 0) is 0 Å². The molecule has 0 atom stereocenters. The summed E-state index contributed by atoms with van der Waals surface area (Å²) in [6.45, 7) is 1.49. The summed E-state index contributed by atoms with van der Waals surface area (Å²) < 4.78 is 0. The van der Waals surface area contributed by atoms with Gasteiger partial charge in [-0.15, -0.1) is 0 Å². The quantitative estimate of drug-likeness (QED) is 0.543. The normalized spacial score (nSPS) is 19.1. The van der Waals surface area contributed by atoms with Crippen LogP contribution in [0.2, 0.25) is 0 Å². The molecule has 1 rings (SSSR count). The Balaban J connectivity index is 2.65. The van der Waals surface area contributed by atoms with Crippen molar-refractivity contribution in [2.75, 3.05) is 13.1 Å². The maximum Gasteiger partial charge on any atom is 0.0585 e. The highest BCUT2D eigenvalue weighted by molar-refractivity contribution is 7.78. The van der Waals surface area contributed by atoms with Crippen molar-refractivity contribution in [2.24, 2.45) is 15.4 Å². The van der Waals surface area contributed by atoms with Gasteiger partial charge in [-0.2, -0.15) is 0 Å². The predicted molar refractivity (Wildman–Crippen MR) is 65.3 cm³/mol. The van der Waals surface area contributed by atoms with E-state index in [0.29, 0.717) is 0 Å². The van der Waals surface area contributed by atoms with Crippen molar-refractivity contribution in [3.63, 3.8) is 0 Å².